The van der Waals surface area contributed by atoms with E-state index in [4.69, 9.17) is 14.8 Å². The third kappa shape index (κ3) is 4.32. The Morgan fingerprint density at radius 3 is 1.63 bits per heavy atom. The molecule has 1 saturated heterocycles. The zero-order chi connectivity index (χ0) is 14.6. The van der Waals surface area contributed by atoms with Gasteiger partial charge in [0.05, 0.1) is 24.3 Å². The number of carbonyl (C=O) groups is 2. The van der Waals surface area contributed by atoms with Crippen molar-refractivity contribution in [3.63, 3.8) is 0 Å². The largest absolute Gasteiger partial charge is 0.478 e. The summed E-state index contributed by atoms with van der Waals surface area (Å²) in [5.41, 5.74) is -1.58. The van der Waals surface area contributed by atoms with E-state index in [-0.39, 0.29) is 0 Å². The molecule has 0 bridgehead atoms. The molecule has 9 heteroatoms. The van der Waals surface area contributed by atoms with Gasteiger partial charge in [-0.05, 0) is 12.1 Å². The summed E-state index contributed by atoms with van der Waals surface area (Å²) in [4.78, 5) is 20.2. The molecule has 0 atom stereocenters. The number of benzene rings is 1. The van der Waals surface area contributed by atoms with Crippen LogP contribution in [0.25, 0.3) is 0 Å². The van der Waals surface area contributed by atoms with Gasteiger partial charge in [-0.25, -0.2) is 9.59 Å². The van der Waals surface area contributed by atoms with Crippen molar-refractivity contribution in [3.8, 4) is 0 Å². The molecule has 0 aromatic heterocycles. The van der Waals surface area contributed by atoms with Gasteiger partial charge in [0.1, 0.15) is 4.90 Å². The minimum atomic E-state index is -4.92. The van der Waals surface area contributed by atoms with Crippen LogP contribution >= 0.6 is 0 Å². The van der Waals surface area contributed by atoms with Crippen LogP contribution in [0.4, 0.5) is 0 Å². The highest BCUT2D eigenvalue weighted by atomic mass is 32.2. The molecular formula is C10H10O8S. The van der Waals surface area contributed by atoms with E-state index in [0.29, 0.717) is 0 Å². The molecule has 1 aliphatic heterocycles. The van der Waals surface area contributed by atoms with E-state index < -0.39 is 38.1 Å². The molecule has 1 aliphatic rings. The fourth-order valence-corrected chi connectivity index (χ4v) is 2.02. The molecule has 0 saturated carbocycles. The van der Waals surface area contributed by atoms with Gasteiger partial charge in [-0.15, -0.1) is 0 Å². The average molecular weight is 290 g/mol. The normalized spacial score (nSPS) is 13.1. The molecular weight excluding hydrogens is 280 g/mol. The first-order chi connectivity index (χ1) is 8.75. The van der Waals surface area contributed by atoms with Crippen LogP contribution in [0.1, 0.15) is 20.7 Å². The number of hydrogen-bond donors (Lipinski definition) is 3. The maximum absolute atomic E-state index is 10.9. The summed E-state index contributed by atoms with van der Waals surface area (Å²) in [6, 6.07) is 2.84. The number of epoxide rings is 1. The lowest BCUT2D eigenvalue weighted by molar-refractivity contribution is 0.0688. The third-order valence-electron chi connectivity index (χ3n) is 1.94. The Morgan fingerprint density at radius 1 is 1.05 bits per heavy atom. The third-order valence-corrected chi connectivity index (χ3v) is 2.89. The maximum atomic E-state index is 10.9. The van der Waals surface area contributed by atoms with Gasteiger partial charge in [-0.3, -0.25) is 4.55 Å². The van der Waals surface area contributed by atoms with Crippen molar-refractivity contribution < 1.29 is 37.5 Å². The predicted molar refractivity (Wildman–Crippen MR) is 61.0 cm³/mol. The van der Waals surface area contributed by atoms with E-state index in [1.165, 1.54) is 0 Å². The molecule has 104 valence electrons. The van der Waals surface area contributed by atoms with Gasteiger partial charge < -0.3 is 14.9 Å². The smallest absolute Gasteiger partial charge is 0.337 e. The number of carboxylic acids is 2. The van der Waals surface area contributed by atoms with Gasteiger partial charge in [0.25, 0.3) is 10.1 Å². The minimum Gasteiger partial charge on any atom is -0.478 e. The highest BCUT2D eigenvalue weighted by molar-refractivity contribution is 7.86. The van der Waals surface area contributed by atoms with Crippen LogP contribution in [0, 0.1) is 0 Å². The first kappa shape index (κ1) is 15.1. The minimum absolute atomic E-state index is 0.789. The molecule has 8 nitrogen and oxygen atoms in total. The van der Waals surface area contributed by atoms with Gasteiger partial charge in [-0.1, -0.05) is 6.07 Å². The SMILES string of the molecule is C1CO1.O=C(O)c1cccc(C(=O)O)c1S(=O)(=O)O. The van der Waals surface area contributed by atoms with E-state index in [2.05, 4.69) is 4.74 Å². The fourth-order valence-electron chi connectivity index (χ4n) is 1.15. The maximum Gasteiger partial charge on any atom is 0.337 e. The molecule has 2 rings (SSSR count). The van der Waals surface area contributed by atoms with Gasteiger partial charge in [0.15, 0.2) is 0 Å². The van der Waals surface area contributed by atoms with Crippen LogP contribution < -0.4 is 0 Å². The number of aromatic carboxylic acids is 2. The average Bonchev–Trinajstić information content (AvgIpc) is 3.14. The number of hydrogen-bond acceptors (Lipinski definition) is 5. The fraction of sp³-hybridized carbons (Fsp3) is 0.200. The standard InChI is InChI=1S/C8H6O7S.C2H4O/c9-7(10)4-2-1-3-5(8(11)12)6(4)16(13,14)15;1-2-3-1/h1-3H,(H,9,10)(H,11,12)(H,13,14,15);1-2H2. The first-order valence-corrected chi connectivity index (χ1v) is 6.34. The number of carboxylic acid groups (broad SMARTS) is 2. The topological polar surface area (TPSA) is 142 Å². The van der Waals surface area contributed by atoms with Crippen molar-refractivity contribution in [1.82, 2.24) is 0 Å². The summed E-state index contributed by atoms with van der Waals surface area (Å²) in [7, 11) is -4.92. The van der Waals surface area contributed by atoms with Crippen molar-refractivity contribution in [1.29, 1.82) is 0 Å². The van der Waals surface area contributed by atoms with Crippen molar-refractivity contribution in [3.05, 3.63) is 29.3 Å². The van der Waals surface area contributed by atoms with Crippen LogP contribution in [0.3, 0.4) is 0 Å². The molecule has 1 aromatic rings. The molecule has 0 radical (unpaired) electrons. The molecule has 1 aromatic carbocycles. The molecule has 19 heavy (non-hydrogen) atoms. The highest BCUT2D eigenvalue weighted by Gasteiger charge is 2.26. The summed E-state index contributed by atoms with van der Waals surface area (Å²) in [5, 5.41) is 17.3. The van der Waals surface area contributed by atoms with Crippen LogP contribution in [0.2, 0.25) is 0 Å². The second kappa shape index (κ2) is 5.78. The Morgan fingerprint density at radius 2 is 1.42 bits per heavy atom. The summed E-state index contributed by atoms with van der Waals surface area (Å²) < 4.78 is 35.1. The van der Waals surface area contributed by atoms with Crippen LogP contribution in [-0.2, 0) is 14.9 Å². The van der Waals surface area contributed by atoms with Crippen LogP contribution in [-0.4, -0.2) is 48.3 Å². The summed E-state index contributed by atoms with van der Waals surface area (Å²) in [6.07, 6.45) is 0. The number of ether oxygens (including phenoxy) is 1. The van der Waals surface area contributed by atoms with Crippen molar-refractivity contribution in [2.24, 2.45) is 0 Å². The van der Waals surface area contributed by atoms with Crippen molar-refractivity contribution in [2.75, 3.05) is 13.2 Å². The second-order valence-electron chi connectivity index (χ2n) is 3.38. The molecule has 1 heterocycles. The summed E-state index contributed by atoms with van der Waals surface area (Å²) >= 11 is 0. The molecule has 0 spiro atoms. The molecule has 0 aliphatic carbocycles. The zero-order valence-electron chi connectivity index (χ0n) is 9.44. The van der Waals surface area contributed by atoms with Gasteiger partial charge in [0.2, 0.25) is 0 Å². The molecule has 1 fully saturated rings. The molecule has 0 amide bonds. The van der Waals surface area contributed by atoms with Gasteiger partial charge in [0, 0.05) is 0 Å². The van der Waals surface area contributed by atoms with E-state index in [1.807, 2.05) is 0 Å². The lowest BCUT2D eigenvalue weighted by atomic mass is 10.1. The van der Waals surface area contributed by atoms with E-state index in [1.54, 1.807) is 0 Å². The van der Waals surface area contributed by atoms with Crippen molar-refractivity contribution in [2.45, 2.75) is 4.90 Å². The lowest BCUT2D eigenvalue weighted by Crippen LogP contribution is -2.14. The van der Waals surface area contributed by atoms with Crippen LogP contribution in [0.15, 0.2) is 23.1 Å². The zero-order valence-corrected chi connectivity index (χ0v) is 10.3. The predicted octanol–water partition coefficient (Wildman–Crippen LogP) is 0.346. The van der Waals surface area contributed by atoms with Gasteiger partial charge in [-0.2, -0.15) is 8.42 Å². The van der Waals surface area contributed by atoms with Crippen molar-refractivity contribution >= 4 is 22.1 Å². The Bertz CT molecular complexity index is 567. The Kier molecular flexibility index (Phi) is 4.59. The van der Waals surface area contributed by atoms with E-state index in [9.17, 15) is 18.0 Å². The van der Waals surface area contributed by atoms with E-state index in [0.717, 1.165) is 31.4 Å². The Balaban J connectivity index is 0.000000524. The Labute approximate surface area is 108 Å². The number of rotatable bonds is 3. The van der Waals surface area contributed by atoms with Gasteiger partial charge >= 0.3 is 11.9 Å². The molecule has 3 N–H and O–H groups in total. The quantitative estimate of drug-likeness (QED) is 0.534. The Hall–Kier alpha value is -1.97. The lowest BCUT2D eigenvalue weighted by Gasteiger charge is -2.05. The summed E-state index contributed by atoms with van der Waals surface area (Å²) in [6.45, 7) is 2.00. The monoisotopic (exact) mass is 290 g/mol. The highest BCUT2D eigenvalue weighted by Crippen LogP contribution is 2.20. The first-order valence-electron chi connectivity index (χ1n) is 4.90. The van der Waals surface area contributed by atoms with E-state index >= 15 is 0 Å². The van der Waals surface area contributed by atoms with Crippen LogP contribution in [0.5, 0.6) is 0 Å². The molecule has 0 unspecified atom stereocenters. The summed E-state index contributed by atoms with van der Waals surface area (Å²) in [5.74, 6) is -3.29. The second-order valence-corrected chi connectivity index (χ2v) is 4.74.